The summed E-state index contributed by atoms with van der Waals surface area (Å²) in [5.74, 6) is -0.0217. The summed E-state index contributed by atoms with van der Waals surface area (Å²) in [4.78, 5) is 12.1. The number of hydrogen-bond donors (Lipinski definition) is 3. The molecule has 2 atom stereocenters. The van der Waals surface area contributed by atoms with Crippen LogP contribution in [0.25, 0.3) is 11.3 Å². The monoisotopic (exact) mass is 306 g/mol. The molecule has 1 fully saturated rings. The number of aromatic amines is 1. The molecule has 1 aliphatic rings. The third-order valence-electron chi connectivity index (χ3n) is 3.87. The number of nitrogens with one attached hydrogen (secondary N) is 2. The van der Waals surface area contributed by atoms with Gasteiger partial charge in [-0.15, -0.1) is 12.4 Å². The Balaban J connectivity index is 0.00000161. The van der Waals surface area contributed by atoms with Crippen molar-refractivity contribution in [1.29, 1.82) is 0 Å². The maximum atomic E-state index is 12.1. The molecule has 0 aliphatic heterocycles. The number of benzene rings is 1. The van der Waals surface area contributed by atoms with Crippen molar-refractivity contribution in [1.82, 2.24) is 10.2 Å². The molecule has 1 aromatic heterocycles. The molecular weight excluding hydrogens is 288 g/mol. The lowest BCUT2D eigenvalue weighted by atomic mass is 10.0. The number of nitrogens with two attached hydrogens (primary N) is 1. The summed E-state index contributed by atoms with van der Waals surface area (Å²) in [5.41, 5.74) is 8.75. The standard InChI is InChI=1S/C15H18N4O.ClH/c16-13-3-1-2-12(13)15(20)18-11-6-4-10(5-7-11)14-8-9-17-19-14;/h4-9,12-13H,1-3,16H2,(H,17,19)(H,18,20);1H. The lowest BCUT2D eigenvalue weighted by molar-refractivity contribution is -0.120. The Kier molecular flexibility index (Phi) is 4.98. The molecule has 5 nitrogen and oxygen atoms in total. The molecule has 0 saturated heterocycles. The number of H-pyrrole nitrogens is 1. The number of halogens is 1. The van der Waals surface area contributed by atoms with Crippen LogP contribution in [0.3, 0.4) is 0 Å². The van der Waals surface area contributed by atoms with E-state index >= 15 is 0 Å². The maximum absolute atomic E-state index is 12.1. The summed E-state index contributed by atoms with van der Waals surface area (Å²) in [6.45, 7) is 0. The molecule has 1 aliphatic carbocycles. The molecular formula is C15H19ClN4O. The molecule has 112 valence electrons. The van der Waals surface area contributed by atoms with Gasteiger partial charge in [0.2, 0.25) is 5.91 Å². The molecule has 1 aromatic carbocycles. The average molecular weight is 307 g/mol. The zero-order chi connectivity index (χ0) is 13.9. The van der Waals surface area contributed by atoms with E-state index in [1.165, 1.54) is 0 Å². The van der Waals surface area contributed by atoms with Crippen LogP contribution in [0.1, 0.15) is 19.3 Å². The van der Waals surface area contributed by atoms with Crippen LogP contribution >= 0.6 is 12.4 Å². The van der Waals surface area contributed by atoms with Gasteiger partial charge in [-0.25, -0.2) is 0 Å². The SMILES string of the molecule is Cl.NC1CCCC1C(=O)Nc1ccc(-c2ccn[nH]2)cc1. The Bertz CT molecular complexity index is 582. The number of amides is 1. The highest BCUT2D eigenvalue weighted by atomic mass is 35.5. The topological polar surface area (TPSA) is 83.8 Å². The van der Waals surface area contributed by atoms with Gasteiger partial charge < -0.3 is 11.1 Å². The predicted octanol–water partition coefficient (Wildman–Crippen LogP) is 2.56. The highest BCUT2D eigenvalue weighted by molar-refractivity contribution is 5.93. The number of hydrogen-bond acceptors (Lipinski definition) is 3. The molecule has 4 N–H and O–H groups in total. The van der Waals surface area contributed by atoms with Crippen LogP contribution in [0.5, 0.6) is 0 Å². The number of carbonyl (C=O) groups is 1. The Morgan fingerprint density at radius 1 is 1.24 bits per heavy atom. The largest absolute Gasteiger partial charge is 0.327 e. The summed E-state index contributed by atoms with van der Waals surface area (Å²) in [7, 11) is 0. The quantitative estimate of drug-likeness (QED) is 0.815. The number of anilines is 1. The third-order valence-corrected chi connectivity index (χ3v) is 3.87. The lowest BCUT2D eigenvalue weighted by Gasteiger charge is -2.15. The first-order chi connectivity index (χ1) is 9.74. The van der Waals surface area contributed by atoms with Crippen LogP contribution in [0, 0.1) is 5.92 Å². The molecule has 2 aromatic rings. The average Bonchev–Trinajstić information content (AvgIpc) is 3.10. The predicted molar refractivity (Wildman–Crippen MR) is 85.2 cm³/mol. The normalized spacial score (nSPS) is 20.8. The van der Waals surface area contributed by atoms with E-state index in [9.17, 15) is 4.79 Å². The van der Waals surface area contributed by atoms with Crippen molar-refractivity contribution in [3.8, 4) is 11.3 Å². The molecule has 3 rings (SSSR count). The Morgan fingerprint density at radius 2 is 2.00 bits per heavy atom. The zero-order valence-electron chi connectivity index (χ0n) is 11.6. The van der Waals surface area contributed by atoms with Crippen LogP contribution in [0.15, 0.2) is 36.5 Å². The van der Waals surface area contributed by atoms with E-state index in [1.54, 1.807) is 6.20 Å². The van der Waals surface area contributed by atoms with E-state index in [1.807, 2.05) is 30.3 Å². The van der Waals surface area contributed by atoms with Crippen molar-refractivity contribution in [3.63, 3.8) is 0 Å². The fourth-order valence-electron chi connectivity index (χ4n) is 2.70. The highest BCUT2D eigenvalue weighted by Gasteiger charge is 2.30. The number of rotatable bonds is 3. The van der Waals surface area contributed by atoms with Crippen LogP contribution in [-0.2, 0) is 4.79 Å². The summed E-state index contributed by atoms with van der Waals surface area (Å²) < 4.78 is 0. The molecule has 0 spiro atoms. The van der Waals surface area contributed by atoms with E-state index in [4.69, 9.17) is 5.73 Å². The molecule has 0 radical (unpaired) electrons. The van der Waals surface area contributed by atoms with Gasteiger partial charge >= 0.3 is 0 Å². The Morgan fingerprint density at radius 3 is 2.57 bits per heavy atom. The second-order valence-corrected chi connectivity index (χ2v) is 5.24. The zero-order valence-corrected chi connectivity index (χ0v) is 12.4. The molecule has 0 bridgehead atoms. The summed E-state index contributed by atoms with van der Waals surface area (Å²) in [6.07, 6.45) is 4.58. The van der Waals surface area contributed by atoms with E-state index in [-0.39, 0.29) is 30.3 Å². The van der Waals surface area contributed by atoms with Gasteiger partial charge in [0.25, 0.3) is 0 Å². The Labute approximate surface area is 129 Å². The Hall–Kier alpha value is -1.85. The van der Waals surface area contributed by atoms with E-state index < -0.39 is 0 Å². The van der Waals surface area contributed by atoms with Crippen molar-refractivity contribution in [2.75, 3.05) is 5.32 Å². The molecule has 1 heterocycles. The van der Waals surface area contributed by atoms with Gasteiger partial charge in [0.1, 0.15) is 0 Å². The van der Waals surface area contributed by atoms with Gasteiger partial charge in [-0.1, -0.05) is 18.6 Å². The van der Waals surface area contributed by atoms with Gasteiger partial charge in [-0.05, 0) is 36.6 Å². The fourth-order valence-corrected chi connectivity index (χ4v) is 2.70. The van der Waals surface area contributed by atoms with E-state index in [0.29, 0.717) is 0 Å². The minimum atomic E-state index is -0.0534. The molecule has 6 heteroatoms. The van der Waals surface area contributed by atoms with Crippen molar-refractivity contribution in [2.24, 2.45) is 11.7 Å². The van der Waals surface area contributed by atoms with Gasteiger partial charge in [-0.2, -0.15) is 5.10 Å². The molecule has 2 unspecified atom stereocenters. The summed E-state index contributed by atoms with van der Waals surface area (Å²) in [5, 5.41) is 9.77. The van der Waals surface area contributed by atoms with E-state index in [0.717, 1.165) is 36.2 Å². The minimum Gasteiger partial charge on any atom is -0.327 e. The van der Waals surface area contributed by atoms with Crippen LogP contribution in [0.2, 0.25) is 0 Å². The van der Waals surface area contributed by atoms with Crippen molar-refractivity contribution in [3.05, 3.63) is 36.5 Å². The fraction of sp³-hybridized carbons (Fsp3) is 0.333. The van der Waals surface area contributed by atoms with Crippen LogP contribution in [0.4, 0.5) is 5.69 Å². The van der Waals surface area contributed by atoms with E-state index in [2.05, 4.69) is 15.5 Å². The first-order valence-electron chi connectivity index (χ1n) is 6.90. The van der Waals surface area contributed by atoms with Gasteiger partial charge in [0.15, 0.2) is 0 Å². The highest BCUT2D eigenvalue weighted by Crippen LogP contribution is 2.26. The summed E-state index contributed by atoms with van der Waals surface area (Å²) in [6, 6.07) is 9.61. The molecule has 1 saturated carbocycles. The second kappa shape index (κ2) is 6.74. The van der Waals surface area contributed by atoms with Gasteiger partial charge in [0, 0.05) is 17.9 Å². The van der Waals surface area contributed by atoms with Crippen molar-refractivity contribution < 1.29 is 4.79 Å². The third kappa shape index (κ3) is 3.43. The summed E-state index contributed by atoms with van der Waals surface area (Å²) >= 11 is 0. The maximum Gasteiger partial charge on any atom is 0.229 e. The van der Waals surface area contributed by atoms with Crippen molar-refractivity contribution >= 4 is 24.0 Å². The number of nitrogens with zero attached hydrogens (tertiary/aromatic N) is 1. The lowest BCUT2D eigenvalue weighted by Crippen LogP contribution is -2.34. The van der Waals surface area contributed by atoms with Crippen molar-refractivity contribution in [2.45, 2.75) is 25.3 Å². The first-order valence-corrected chi connectivity index (χ1v) is 6.90. The molecule has 21 heavy (non-hydrogen) atoms. The van der Waals surface area contributed by atoms with Crippen LogP contribution < -0.4 is 11.1 Å². The minimum absolute atomic E-state index is 0. The smallest absolute Gasteiger partial charge is 0.229 e. The van der Waals surface area contributed by atoms with Crippen LogP contribution in [-0.4, -0.2) is 22.1 Å². The number of aromatic nitrogens is 2. The number of carbonyl (C=O) groups excluding carboxylic acids is 1. The first kappa shape index (κ1) is 15.5. The second-order valence-electron chi connectivity index (χ2n) is 5.24. The van der Waals surface area contributed by atoms with Gasteiger partial charge in [-0.3, -0.25) is 9.89 Å². The molecule has 1 amide bonds. The van der Waals surface area contributed by atoms with Gasteiger partial charge in [0.05, 0.1) is 11.6 Å².